The minimum absolute atomic E-state index is 0.445. The van der Waals surface area contributed by atoms with Crippen molar-refractivity contribution in [1.82, 2.24) is 9.78 Å². The molecule has 0 atom stereocenters. The number of aromatic nitrogens is 2. The van der Waals surface area contributed by atoms with Crippen LogP contribution in [0.25, 0.3) is 11.3 Å². The van der Waals surface area contributed by atoms with Crippen LogP contribution in [0.4, 0.5) is 5.69 Å². The van der Waals surface area contributed by atoms with Gasteiger partial charge in [-0.3, -0.25) is 4.68 Å². The van der Waals surface area contributed by atoms with Gasteiger partial charge in [0.25, 0.3) is 0 Å². The van der Waals surface area contributed by atoms with E-state index in [0.29, 0.717) is 5.69 Å². The van der Waals surface area contributed by atoms with Crippen LogP contribution in [-0.4, -0.2) is 9.78 Å². The van der Waals surface area contributed by atoms with Crippen molar-refractivity contribution in [1.29, 1.82) is 0 Å². The van der Waals surface area contributed by atoms with Crippen LogP contribution in [0.1, 0.15) is 26.2 Å². The van der Waals surface area contributed by atoms with E-state index in [0.717, 1.165) is 24.2 Å². The van der Waals surface area contributed by atoms with Crippen molar-refractivity contribution < 1.29 is 0 Å². The Bertz CT molecular complexity index is 502. The summed E-state index contributed by atoms with van der Waals surface area (Å²) in [6, 6.07) is 9.15. The SMILES string of the molecule is CCCCCn1ccc(-c2ccc(N=O)cc2)n1. The van der Waals surface area contributed by atoms with Gasteiger partial charge in [0.1, 0.15) is 5.69 Å². The van der Waals surface area contributed by atoms with Gasteiger partial charge >= 0.3 is 0 Å². The molecule has 0 aliphatic heterocycles. The van der Waals surface area contributed by atoms with Crippen LogP contribution in [-0.2, 0) is 6.54 Å². The first-order valence-electron chi connectivity index (χ1n) is 6.30. The summed E-state index contributed by atoms with van der Waals surface area (Å²) in [7, 11) is 0. The third-order valence-corrected chi connectivity index (χ3v) is 2.90. The van der Waals surface area contributed by atoms with Crippen LogP contribution in [0.15, 0.2) is 41.7 Å². The van der Waals surface area contributed by atoms with Crippen LogP contribution in [0, 0.1) is 4.91 Å². The van der Waals surface area contributed by atoms with Gasteiger partial charge in [-0.1, -0.05) is 31.9 Å². The Hall–Kier alpha value is -1.97. The fraction of sp³-hybridized carbons (Fsp3) is 0.357. The maximum atomic E-state index is 10.3. The monoisotopic (exact) mass is 243 g/mol. The van der Waals surface area contributed by atoms with Gasteiger partial charge in [0, 0.05) is 18.3 Å². The summed E-state index contributed by atoms with van der Waals surface area (Å²) < 4.78 is 1.97. The maximum Gasteiger partial charge on any atom is 0.108 e. The molecule has 0 aliphatic rings. The Balaban J connectivity index is 2.06. The van der Waals surface area contributed by atoms with Gasteiger partial charge in [-0.25, -0.2) is 0 Å². The van der Waals surface area contributed by atoms with E-state index in [9.17, 15) is 4.91 Å². The van der Waals surface area contributed by atoms with E-state index < -0.39 is 0 Å². The number of unbranched alkanes of at least 4 members (excludes halogenated alkanes) is 2. The Morgan fingerprint density at radius 2 is 1.94 bits per heavy atom. The number of benzene rings is 1. The van der Waals surface area contributed by atoms with E-state index in [2.05, 4.69) is 17.2 Å². The summed E-state index contributed by atoms with van der Waals surface area (Å²) in [6.45, 7) is 3.15. The Labute approximate surface area is 107 Å². The second-order valence-electron chi connectivity index (χ2n) is 4.31. The molecule has 1 heterocycles. The van der Waals surface area contributed by atoms with Gasteiger partial charge in [0.2, 0.25) is 0 Å². The molecular weight excluding hydrogens is 226 g/mol. The highest BCUT2D eigenvalue weighted by Gasteiger charge is 2.02. The smallest absolute Gasteiger partial charge is 0.108 e. The van der Waals surface area contributed by atoms with E-state index in [-0.39, 0.29) is 0 Å². The summed E-state index contributed by atoms with van der Waals surface area (Å²) in [5.74, 6) is 0. The van der Waals surface area contributed by atoms with Crippen molar-refractivity contribution in [3.8, 4) is 11.3 Å². The van der Waals surface area contributed by atoms with Crippen molar-refractivity contribution in [3.05, 3.63) is 41.4 Å². The molecule has 1 aromatic carbocycles. The largest absolute Gasteiger partial charge is 0.272 e. The van der Waals surface area contributed by atoms with Crippen molar-refractivity contribution in [2.75, 3.05) is 0 Å². The Morgan fingerprint density at radius 3 is 2.61 bits per heavy atom. The molecule has 0 saturated carbocycles. The summed E-state index contributed by atoms with van der Waals surface area (Å²) in [6.07, 6.45) is 5.60. The molecule has 0 N–H and O–H groups in total. The van der Waals surface area contributed by atoms with Crippen LogP contribution >= 0.6 is 0 Å². The van der Waals surface area contributed by atoms with E-state index in [4.69, 9.17) is 0 Å². The molecule has 1 aromatic heterocycles. The number of hydrogen-bond acceptors (Lipinski definition) is 3. The standard InChI is InChI=1S/C14H17N3O/c1-2-3-4-10-17-11-9-14(15-17)12-5-7-13(16-18)8-6-12/h5-9,11H,2-4,10H2,1H3. The number of aryl methyl sites for hydroxylation is 1. The normalized spacial score (nSPS) is 10.5. The fourth-order valence-electron chi connectivity index (χ4n) is 1.86. The zero-order chi connectivity index (χ0) is 12.8. The third kappa shape index (κ3) is 3.03. The molecule has 4 heteroatoms. The van der Waals surface area contributed by atoms with Crippen molar-refractivity contribution in [3.63, 3.8) is 0 Å². The van der Waals surface area contributed by atoms with E-state index in [1.807, 2.05) is 29.1 Å². The average Bonchev–Trinajstić information content (AvgIpc) is 2.88. The molecule has 0 aliphatic carbocycles. The van der Waals surface area contributed by atoms with Gasteiger partial charge < -0.3 is 0 Å². The van der Waals surface area contributed by atoms with Gasteiger partial charge in [0.05, 0.1) is 5.69 Å². The molecule has 2 aromatic rings. The lowest BCUT2D eigenvalue weighted by Gasteiger charge is -2.00. The minimum atomic E-state index is 0.445. The highest BCUT2D eigenvalue weighted by atomic mass is 16.3. The maximum absolute atomic E-state index is 10.3. The van der Waals surface area contributed by atoms with Crippen LogP contribution in [0.5, 0.6) is 0 Å². The summed E-state index contributed by atoms with van der Waals surface area (Å²) in [5, 5.41) is 7.40. The fourth-order valence-corrected chi connectivity index (χ4v) is 1.86. The van der Waals surface area contributed by atoms with Gasteiger partial charge in [-0.2, -0.15) is 5.10 Å². The van der Waals surface area contributed by atoms with E-state index in [1.54, 1.807) is 12.1 Å². The van der Waals surface area contributed by atoms with E-state index in [1.165, 1.54) is 12.8 Å². The van der Waals surface area contributed by atoms with Crippen molar-refractivity contribution in [2.24, 2.45) is 5.18 Å². The molecule has 18 heavy (non-hydrogen) atoms. The molecule has 2 rings (SSSR count). The zero-order valence-corrected chi connectivity index (χ0v) is 10.5. The number of rotatable bonds is 6. The first kappa shape index (κ1) is 12.5. The quantitative estimate of drug-likeness (QED) is 0.565. The number of hydrogen-bond donors (Lipinski definition) is 0. The molecule has 0 bridgehead atoms. The predicted molar refractivity (Wildman–Crippen MR) is 72.6 cm³/mol. The lowest BCUT2D eigenvalue weighted by atomic mass is 10.1. The summed E-state index contributed by atoms with van der Waals surface area (Å²) >= 11 is 0. The molecule has 4 nitrogen and oxygen atoms in total. The molecule has 0 radical (unpaired) electrons. The molecule has 94 valence electrons. The molecule has 0 saturated heterocycles. The predicted octanol–water partition coefficient (Wildman–Crippen LogP) is 4.14. The van der Waals surface area contributed by atoms with Gasteiger partial charge in [0.15, 0.2) is 0 Å². The summed E-state index contributed by atoms with van der Waals surface area (Å²) in [4.78, 5) is 10.3. The van der Waals surface area contributed by atoms with Crippen LogP contribution < -0.4 is 0 Å². The number of nitroso groups, excluding NO2 is 1. The van der Waals surface area contributed by atoms with Crippen LogP contribution in [0.3, 0.4) is 0 Å². The van der Waals surface area contributed by atoms with Crippen molar-refractivity contribution in [2.45, 2.75) is 32.7 Å². The first-order chi connectivity index (χ1) is 8.83. The minimum Gasteiger partial charge on any atom is -0.272 e. The molecule has 0 fully saturated rings. The highest BCUT2D eigenvalue weighted by Crippen LogP contribution is 2.20. The topological polar surface area (TPSA) is 47.2 Å². The van der Waals surface area contributed by atoms with E-state index >= 15 is 0 Å². The molecule has 0 spiro atoms. The highest BCUT2D eigenvalue weighted by molar-refractivity contribution is 5.61. The first-order valence-corrected chi connectivity index (χ1v) is 6.30. The van der Waals surface area contributed by atoms with Gasteiger partial charge in [-0.15, -0.1) is 4.91 Å². The molecule has 0 amide bonds. The Morgan fingerprint density at radius 1 is 1.17 bits per heavy atom. The molecule has 0 unspecified atom stereocenters. The third-order valence-electron chi connectivity index (χ3n) is 2.90. The Kier molecular flexibility index (Phi) is 4.23. The lowest BCUT2D eigenvalue weighted by Crippen LogP contribution is -1.98. The van der Waals surface area contributed by atoms with Crippen LogP contribution in [0.2, 0.25) is 0 Å². The number of nitrogens with zero attached hydrogens (tertiary/aromatic N) is 3. The van der Waals surface area contributed by atoms with Crippen molar-refractivity contribution >= 4 is 5.69 Å². The molecular formula is C14H17N3O. The van der Waals surface area contributed by atoms with Gasteiger partial charge in [-0.05, 0) is 29.8 Å². The average molecular weight is 243 g/mol. The second kappa shape index (κ2) is 6.10. The second-order valence-corrected chi connectivity index (χ2v) is 4.31. The zero-order valence-electron chi connectivity index (χ0n) is 10.5. The summed E-state index contributed by atoms with van der Waals surface area (Å²) in [5.41, 5.74) is 2.39. The lowest BCUT2D eigenvalue weighted by molar-refractivity contribution is 0.554.